The van der Waals surface area contributed by atoms with Crippen LogP contribution >= 0.6 is 15.6 Å². The second kappa shape index (κ2) is 83.8. The number of aliphatic hydroxyl groups is 2. The minimum Gasteiger partial charge on any atom is -0.463 e. The molecule has 0 radical (unpaired) electrons. The molecule has 5 atom stereocenters. The van der Waals surface area contributed by atoms with E-state index in [4.69, 9.17) is 32.3 Å². The lowest BCUT2D eigenvalue weighted by atomic mass is 10.1. The van der Waals surface area contributed by atoms with E-state index in [2.05, 4.69) is 215 Å². The summed E-state index contributed by atoms with van der Waals surface area (Å²) < 4.78 is 61.3. The lowest BCUT2D eigenvalue weighted by Crippen LogP contribution is -2.30. The third-order valence-electron chi connectivity index (χ3n) is 17.3. The number of carbonyl (C=O) groups is 3. The fourth-order valence-electron chi connectivity index (χ4n) is 10.9. The van der Waals surface area contributed by atoms with E-state index in [0.717, 1.165) is 199 Å². The second-order valence-corrected chi connectivity index (χ2v) is 30.7. The predicted molar refractivity (Wildman–Crippen MR) is 463 cm³/mol. The number of allylic oxidation sites excluding steroid dienone is 32. The molecule has 0 aromatic heterocycles. The largest absolute Gasteiger partial charge is 0.472 e. The van der Waals surface area contributed by atoms with Gasteiger partial charge in [-0.3, -0.25) is 32.5 Å². The summed E-state index contributed by atoms with van der Waals surface area (Å²) in [6, 6.07) is 0. The number of ether oxygens (including phenoxy) is 3. The van der Waals surface area contributed by atoms with E-state index >= 15 is 0 Å². The Bertz CT molecular complexity index is 2800. The van der Waals surface area contributed by atoms with Gasteiger partial charge < -0.3 is 34.2 Å². The Morgan fingerprint density at radius 1 is 0.252 bits per heavy atom. The molecule has 18 heteroatoms. The first-order valence-electron chi connectivity index (χ1n) is 42.7. The van der Waals surface area contributed by atoms with Crippen molar-refractivity contribution in [1.82, 2.24) is 0 Å². The molecule has 0 saturated heterocycles. The Labute approximate surface area is 674 Å². The number of carbonyl (C=O) groups excluding carboxylic acids is 3. The number of phosphoric ester groups is 2. The maximum Gasteiger partial charge on any atom is 0.472 e. The molecule has 111 heavy (non-hydrogen) atoms. The van der Waals surface area contributed by atoms with Gasteiger partial charge in [0.15, 0.2) is 6.10 Å². The first-order valence-corrected chi connectivity index (χ1v) is 45.7. The SMILES string of the molecule is CC/C=C\C/C=C\C/C=C\C/C=C\C/C=C\C/C=C\CCCCCCCCCCCCC(=O)OCC(O)COP(=O)(O)OCC(O)COP(=O)(O)OCC(COC(=O)CCCCCCCCCCC/C=C\C/C=C\C/C=C\C/C=C\C/C=C\CC)OC(=O)CCCCCCC/C=C\C/C=C\C/C=C\C/C=C\C/C=C\CC. The number of esters is 3. The van der Waals surface area contributed by atoms with Gasteiger partial charge >= 0.3 is 33.6 Å². The van der Waals surface area contributed by atoms with Crippen LogP contribution < -0.4 is 0 Å². The molecular formula is C93H152O16P2. The zero-order chi connectivity index (χ0) is 80.8. The normalized spacial score (nSPS) is 14.8. The average Bonchev–Trinajstić information content (AvgIpc) is 0.898. The molecule has 0 saturated carbocycles. The van der Waals surface area contributed by atoms with Crippen LogP contribution in [-0.2, 0) is 55.8 Å². The number of hydrogen-bond donors (Lipinski definition) is 4. The maximum atomic E-state index is 13.0. The van der Waals surface area contributed by atoms with Gasteiger partial charge in [-0.25, -0.2) is 9.13 Å². The van der Waals surface area contributed by atoms with Crippen molar-refractivity contribution in [3.63, 3.8) is 0 Å². The number of rotatable bonds is 79. The Hall–Kier alpha value is -5.61. The highest BCUT2D eigenvalue weighted by atomic mass is 31.2. The van der Waals surface area contributed by atoms with E-state index < -0.39 is 91.5 Å². The van der Waals surface area contributed by atoms with E-state index in [0.29, 0.717) is 19.3 Å². The van der Waals surface area contributed by atoms with E-state index in [1.807, 2.05) is 0 Å². The van der Waals surface area contributed by atoms with E-state index in [9.17, 15) is 43.5 Å². The molecule has 0 bridgehead atoms. The summed E-state index contributed by atoms with van der Waals surface area (Å²) in [7, 11) is -9.82. The minimum absolute atomic E-state index is 0.0739. The summed E-state index contributed by atoms with van der Waals surface area (Å²) in [5, 5.41) is 20.7. The van der Waals surface area contributed by atoms with Crippen molar-refractivity contribution in [2.24, 2.45) is 0 Å². The van der Waals surface area contributed by atoms with Gasteiger partial charge in [0, 0.05) is 19.3 Å². The molecule has 0 aliphatic rings. The van der Waals surface area contributed by atoms with Gasteiger partial charge in [-0.1, -0.05) is 331 Å². The lowest BCUT2D eigenvalue weighted by molar-refractivity contribution is -0.161. The third-order valence-corrected chi connectivity index (χ3v) is 19.2. The lowest BCUT2D eigenvalue weighted by Gasteiger charge is -2.21. The monoisotopic (exact) mass is 1590 g/mol. The molecule has 5 unspecified atom stereocenters. The van der Waals surface area contributed by atoms with Crippen LogP contribution in [0.2, 0.25) is 0 Å². The van der Waals surface area contributed by atoms with E-state index in [1.165, 1.54) is 57.8 Å². The molecule has 16 nitrogen and oxygen atoms in total. The van der Waals surface area contributed by atoms with Crippen LogP contribution in [0.3, 0.4) is 0 Å². The van der Waals surface area contributed by atoms with Crippen LogP contribution in [-0.4, -0.2) is 95.9 Å². The molecule has 0 spiro atoms. The molecule has 0 fully saturated rings. The summed E-state index contributed by atoms with van der Waals surface area (Å²) in [6.45, 7) is 2.31. The standard InChI is InChI=1S/C93H152O16P2/c1-4-7-10-13-16-19-22-25-28-31-34-37-39-41-42-43-44-46-48-50-52-55-58-61-64-67-70-73-76-79-91(96)103-82-88(94)83-105-110(99,100)106-84-89(95)85-107-111(101,102)108-87-90(109-93(98)81-78-75-72-69-66-63-60-57-54-49-36-33-30-27-24-21-18-15-12-9-6-3)86-104-92(97)80-77-74-71-68-65-62-59-56-53-51-47-45-40-38-35-32-29-26-23-20-17-14-11-8-5-2/h7-12,16-21,25-30,34-38,41-42,44-47,49,57,60,88-90,94-95H,4-6,13-15,22-24,31-33,39-40,43,48,50-56,58-59,61-87H2,1-3H3,(H,99,100)(H,101,102)/b10-7-,11-8-,12-9-,19-16-,20-17-,21-18-,28-25-,29-26-,30-27-,37-34-,38-35-,42-41-,46-44-,47-45-,49-36-,60-57-. The van der Waals surface area contributed by atoms with Crippen molar-refractivity contribution in [2.75, 3.05) is 39.6 Å². The minimum atomic E-state index is -4.95. The first-order chi connectivity index (χ1) is 54.2. The number of hydrogen-bond acceptors (Lipinski definition) is 14. The molecule has 0 rings (SSSR count). The van der Waals surface area contributed by atoms with Crippen LogP contribution in [0, 0.1) is 0 Å². The molecule has 0 aliphatic heterocycles. The Kier molecular flexibility index (Phi) is 79.6. The van der Waals surface area contributed by atoms with Gasteiger partial charge in [0.1, 0.15) is 25.4 Å². The van der Waals surface area contributed by atoms with Crippen LogP contribution in [0.4, 0.5) is 0 Å². The second-order valence-electron chi connectivity index (χ2n) is 27.8. The summed E-state index contributed by atoms with van der Waals surface area (Å²) in [6.07, 6.45) is 110. The summed E-state index contributed by atoms with van der Waals surface area (Å²) in [4.78, 5) is 58.9. The third kappa shape index (κ3) is 85.1. The van der Waals surface area contributed by atoms with Crippen molar-refractivity contribution in [3.05, 3.63) is 194 Å². The van der Waals surface area contributed by atoms with Gasteiger partial charge in [0.25, 0.3) is 0 Å². The van der Waals surface area contributed by atoms with Crippen LogP contribution in [0.15, 0.2) is 194 Å². The van der Waals surface area contributed by atoms with Crippen LogP contribution in [0.1, 0.15) is 316 Å². The van der Waals surface area contributed by atoms with Gasteiger partial charge in [-0.15, -0.1) is 0 Å². The molecular weight excluding hydrogens is 1430 g/mol. The highest BCUT2D eigenvalue weighted by Crippen LogP contribution is 2.45. The molecule has 0 aliphatic carbocycles. The molecule has 0 aromatic carbocycles. The molecule has 0 heterocycles. The van der Waals surface area contributed by atoms with Gasteiger partial charge in [0.05, 0.1) is 26.4 Å². The molecule has 0 aromatic rings. The Morgan fingerprint density at radius 3 is 0.712 bits per heavy atom. The van der Waals surface area contributed by atoms with Crippen molar-refractivity contribution in [3.8, 4) is 0 Å². The van der Waals surface area contributed by atoms with E-state index in [-0.39, 0.29) is 19.3 Å². The molecule has 4 N–H and O–H groups in total. The number of aliphatic hydroxyl groups excluding tert-OH is 2. The zero-order valence-corrected chi connectivity index (χ0v) is 70.8. The number of phosphoric acid groups is 2. The molecule has 0 amide bonds. The van der Waals surface area contributed by atoms with Crippen molar-refractivity contribution in [2.45, 2.75) is 334 Å². The average molecular weight is 1590 g/mol. The van der Waals surface area contributed by atoms with Crippen LogP contribution in [0.25, 0.3) is 0 Å². The highest BCUT2D eigenvalue weighted by Gasteiger charge is 2.29. The van der Waals surface area contributed by atoms with Gasteiger partial charge in [0.2, 0.25) is 0 Å². The van der Waals surface area contributed by atoms with Crippen molar-refractivity contribution < 1.29 is 75.8 Å². The van der Waals surface area contributed by atoms with Crippen LogP contribution in [0.5, 0.6) is 0 Å². The molecule has 630 valence electrons. The zero-order valence-electron chi connectivity index (χ0n) is 69.1. The maximum absolute atomic E-state index is 13.0. The predicted octanol–water partition coefficient (Wildman–Crippen LogP) is 25.9. The quantitative estimate of drug-likeness (QED) is 0.0146. The summed E-state index contributed by atoms with van der Waals surface area (Å²) in [5.41, 5.74) is 0. The smallest absolute Gasteiger partial charge is 0.463 e. The fourth-order valence-corrected chi connectivity index (χ4v) is 12.5. The topological polar surface area (TPSA) is 231 Å². The van der Waals surface area contributed by atoms with Gasteiger partial charge in [-0.05, 0) is 161 Å². The summed E-state index contributed by atoms with van der Waals surface area (Å²) >= 11 is 0. The van der Waals surface area contributed by atoms with Crippen molar-refractivity contribution >= 4 is 33.6 Å². The fraction of sp³-hybridized carbons (Fsp3) is 0.624. The summed E-state index contributed by atoms with van der Waals surface area (Å²) in [5.74, 6) is -1.61. The highest BCUT2D eigenvalue weighted by molar-refractivity contribution is 7.47. The van der Waals surface area contributed by atoms with Gasteiger partial charge in [-0.2, -0.15) is 0 Å². The Balaban J connectivity index is 4.67. The van der Waals surface area contributed by atoms with Crippen molar-refractivity contribution in [1.29, 1.82) is 0 Å². The first kappa shape index (κ1) is 105. The Morgan fingerprint density at radius 2 is 0.450 bits per heavy atom. The van der Waals surface area contributed by atoms with E-state index in [1.54, 1.807) is 0 Å². The number of unbranched alkanes of at least 4 members (excludes halogenated alkanes) is 24.